The number of rotatable bonds is 5. The van der Waals surface area contributed by atoms with Gasteiger partial charge in [-0.05, 0) is 19.3 Å². The zero-order valence-electron chi connectivity index (χ0n) is 10.9. The van der Waals surface area contributed by atoms with Crippen molar-refractivity contribution in [3.8, 4) is 0 Å². The predicted molar refractivity (Wildman–Crippen MR) is 68.7 cm³/mol. The molecule has 0 heterocycles. The number of urea groups is 1. The van der Waals surface area contributed by atoms with Crippen LogP contribution < -0.4 is 10.6 Å². The van der Waals surface area contributed by atoms with Crippen LogP contribution in [0.3, 0.4) is 0 Å². The quantitative estimate of drug-likeness (QED) is 0.640. The Hall–Kier alpha value is -1.03. The number of hydrogen-bond acceptors (Lipinski definition) is 2. The molecule has 0 bridgehead atoms. The first-order valence-electron chi connectivity index (χ1n) is 6.43. The second-order valence-corrected chi connectivity index (χ2v) is 4.96. The SMILES string of the molecule is CCC(C)C(C)NC(=O)N[C@@H]1C=C[C@H](CO)C1. The van der Waals surface area contributed by atoms with E-state index in [0.717, 1.165) is 12.8 Å². The van der Waals surface area contributed by atoms with Gasteiger partial charge in [0.1, 0.15) is 0 Å². The maximum atomic E-state index is 11.7. The van der Waals surface area contributed by atoms with Gasteiger partial charge in [-0.25, -0.2) is 4.79 Å². The summed E-state index contributed by atoms with van der Waals surface area (Å²) < 4.78 is 0. The van der Waals surface area contributed by atoms with E-state index in [2.05, 4.69) is 24.5 Å². The van der Waals surface area contributed by atoms with E-state index in [9.17, 15) is 4.79 Å². The second-order valence-electron chi connectivity index (χ2n) is 4.96. The molecule has 0 aliphatic heterocycles. The van der Waals surface area contributed by atoms with Crippen molar-refractivity contribution in [3.63, 3.8) is 0 Å². The van der Waals surface area contributed by atoms with Gasteiger partial charge >= 0.3 is 6.03 Å². The number of amides is 2. The van der Waals surface area contributed by atoms with Crippen molar-refractivity contribution < 1.29 is 9.90 Å². The van der Waals surface area contributed by atoms with Gasteiger partial charge in [0.2, 0.25) is 0 Å². The van der Waals surface area contributed by atoms with Crippen molar-refractivity contribution in [1.82, 2.24) is 10.6 Å². The smallest absolute Gasteiger partial charge is 0.315 e. The second kappa shape index (κ2) is 6.64. The lowest BCUT2D eigenvalue weighted by Gasteiger charge is -2.21. The summed E-state index contributed by atoms with van der Waals surface area (Å²) in [6.07, 6.45) is 5.76. The van der Waals surface area contributed by atoms with Gasteiger partial charge in [0.25, 0.3) is 0 Å². The average Bonchev–Trinajstić information content (AvgIpc) is 2.75. The zero-order valence-corrected chi connectivity index (χ0v) is 10.9. The molecule has 0 aromatic carbocycles. The molecule has 1 aliphatic carbocycles. The Morgan fingerprint density at radius 3 is 2.71 bits per heavy atom. The molecule has 0 radical (unpaired) electrons. The third-order valence-electron chi connectivity index (χ3n) is 3.58. The van der Waals surface area contributed by atoms with E-state index in [0.29, 0.717) is 5.92 Å². The summed E-state index contributed by atoms with van der Waals surface area (Å²) >= 11 is 0. The largest absolute Gasteiger partial charge is 0.396 e. The van der Waals surface area contributed by atoms with Gasteiger partial charge in [0, 0.05) is 24.6 Å². The summed E-state index contributed by atoms with van der Waals surface area (Å²) in [5, 5.41) is 14.8. The maximum Gasteiger partial charge on any atom is 0.315 e. The topological polar surface area (TPSA) is 61.4 Å². The van der Waals surface area contributed by atoms with Crippen molar-refractivity contribution in [3.05, 3.63) is 12.2 Å². The summed E-state index contributed by atoms with van der Waals surface area (Å²) in [4.78, 5) is 11.7. The lowest BCUT2D eigenvalue weighted by Crippen LogP contribution is -2.46. The molecular formula is C13H24N2O2. The molecule has 0 fully saturated rings. The minimum Gasteiger partial charge on any atom is -0.396 e. The van der Waals surface area contributed by atoms with Crippen molar-refractivity contribution in [1.29, 1.82) is 0 Å². The number of aliphatic hydroxyl groups excluding tert-OH is 1. The van der Waals surface area contributed by atoms with Crippen LogP contribution in [0.5, 0.6) is 0 Å². The highest BCUT2D eigenvalue weighted by molar-refractivity contribution is 5.74. The van der Waals surface area contributed by atoms with Crippen molar-refractivity contribution in [2.75, 3.05) is 6.61 Å². The number of aliphatic hydroxyl groups is 1. The molecule has 2 amide bonds. The third-order valence-corrected chi connectivity index (χ3v) is 3.58. The van der Waals surface area contributed by atoms with Gasteiger partial charge < -0.3 is 15.7 Å². The number of hydrogen-bond donors (Lipinski definition) is 3. The van der Waals surface area contributed by atoms with Crippen LogP contribution in [0.15, 0.2) is 12.2 Å². The van der Waals surface area contributed by atoms with E-state index < -0.39 is 0 Å². The molecule has 0 spiro atoms. The van der Waals surface area contributed by atoms with Gasteiger partial charge in [0.15, 0.2) is 0 Å². The summed E-state index contributed by atoms with van der Waals surface area (Å²) in [6.45, 7) is 6.42. The molecule has 0 saturated heterocycles. The number of nitrogens with one attached hydrogen (secondary N) is 2. The van der Waals surface area contributed by atoms with E-state index in [1.54, 1.807) is 0 Å². The summed E-state index contributed by atoms with van der Waals surface area (Å²) in [5.41, 5.74) is 0. The van der Waals surface area contributed by atoms with Crippen LogP contribution in [0.25, 0.3) is 0 Å². The molecule has 0 aromatic heterocycles. The zero-order chi connectivity index (χ0) is 12.8. The maximum absolute atomic E-state index is 11.7. The van der Waals surface area contributed by atoms with E-state index in [1.165, 1.54) is 0 Å². The molecular weight excluding hydrogens is 216 g/mol. The first-order valence-corrected chi connectivity index (χ1v) is 6.43. The Bertz CT molecular complexity index is 279. The van der Waals surface area contributed by atoms with Crippen LogP contribution in [0.4, 0.5) is 4.79 Å². The van der Waals surface area contributed by atoms with Gasteiger partial charge in [-0.2, -0.15) is 0 Å². The van der Waals surface area contributed by atoms with Gasteiger partial charge in [-0.3, -0.25) is 0 Å². The highest BCUT2D eigenvalue weighted by Gasteiger charge is 2.20. The Morgan fingerprint density at radius 2 is 2.18 bits per heavy atom. The standard InChI is InChI=1S/C13H24N2O2/c1-4-9(2)10(3)14-13(17)15-12-6-5-11(7-12)8-16/h5-6,9-12,16H,4,7-8H2,1-3H3,(H2,14,15,17)/t9?,10?,11-,12+/m0/s1. The molecule has 0 saturated carbocycles. The number of carbonyl (C=O) groups excluding carboxylic acids is 1. The predicted octanol–water partition coefficient (Wildman–Crippen LogP) is 1.66. The van der Waals surface area contributed by atoms with Crippen LogP contribution in [-0.2, 0) is 0 Å². The molecule has 4 heteroatoms. The summed E-state index contributed by atoms with van der Waals surface area (Å²) in [6, 6.07) is 0.112. The fraction of sp³-hybridized carbons (Fsp3) is 0.769. The van der Waals surface area contributed by atoms with Gasteiger partial charge in [-0.15, -0.1) is 0 Å². The van der Waals surface area contributed by atoms with Crippen molar-refractivity contribution >= 4 is 6.03 Å². The fourth-order valence-corrected chi connectivity index (χ4v) is 1.93. The molecule has 1 aliphatic rings. The fourth-order valence-electron chi connectivity index (χ4n) is 1.93. The summed E-state index contributed by atoms with van der Waals surface area (Å²) in [5.74, 6) is 0.664. The van der Waals surface area contributed by atoms with E-state index >= 15 is 0 Å². The van der Waals surface area contributed by atoms with Gasteiger partial charge in [-0.1, -0.05) is 32.4 Å². The molecule has 2 unspecified atom stereocenters. The normalized spacial score (nSPS) is 26.6. The van der Waals surface area contributed by atoms with Crippen LogP contribution in [0.1, 0.15) is 33.6 Å². The lowest BCUT2D eigenvalue weighted by molar-refractivity contribution is 0.225. The molecule has 4 nitrogen and oxygen atoms in total. The highest BCUT2D eigenvalue weighted by Crippen LogP contribution is 2.16. The van der Waals surface area contributed by atoms with Crippen LogP contribution >= 0.6 is 0 Å². The molecule has 98 valence electrons. The molecule has 1 rings (SSSR count). The number of carbonyl (C=O) groups is 1. The Kier molecular flexibility index (Phi) is 5.48. The van der Waals surface area contributed by atoms with E-state index in [-0.39, 0.29) is 30.6 Å². The first-order chi connectivity index (χ1) is 8.06. The molecule has 17 heavy (non-hydrogen) atoms. The van der Waals surface area contributed by atoms with Crippen LogP contribution in [0.2, 0.25) is 0 Å². The minimum absolute atomic E-state index is 0.0521. The van der Waals surface area contributed by atoms with Crippen molar-refractivity contribution in [2.24, 2.45) is 11.8 Å². The summed E-state index contributed by atoms with van der Waals surface area (Å²) in [7, 11) is 0. The Balaban J connectivity index is 2.29. The minimum atomic E-state index is -0.119. The average molecular weight is 240 g/mol. The van der Waals surface area contributed by atoms with Crippen LogP contribution in [0, 0.1) is 11.8 Å². The molecule has 4 atom stereocenters. The first kappa shape index (κ1) is 14.0. The van der Waals surface area contributed by atoms with E-state index in [4.69, 9.17) is 5.11 Å². The van der Waals surface area contributed by atoms with Crippen molar-refractivity contribution in [2.45, 2.75) is 45.7 Å². The molecule has 3 N–H and O–H groups in total. The van der Waals surface area contributed by atoms with E-state index in [1.807, 2.05) is 19.1 Å². The van der Waals surface area contributed by atoms with Gasteiger partial charge in [0.05, 0.1) is 0 Å². The van der Waals surface area contributed by atoms with Crippen LogP contribution in [-0.4, -0.2) is 29.8 Å². The monoisotopic (exact) mass is 240 g/mol. The Morgan fingerprint density at radius 1 is 1.47 bits per heavy atom. The highest BCUT2D eigenvalue weighted by atomic mass is 16.3. The Labute approximate surface area is 103 Å². The lowest BCUT2D eigenvalue weighted by atomic mass is 10.0. The molecule has 0 aromatic rings. The third kappa shape index (κ3) is 4.38.